The number of nitro groups is 1. The Balaban J connectivity index is 1.93. The number of nitro benzene ring substituents is 1. The van der Waals surface area contributed by atoms with Gasteiger partial charge in [0, 0.05) is 24.6 Å². The molecule has 2 unspecified atom stereocenters. The molecule has 3 rings (SSSR count). The fourth-order valence-electron chi connectivity index (χ4n) is 3.21. The molecule has 1 aliphatic heterocycles. The van der Waals surface area contributed by atoms with Crippen LogP contribution in [-0.2, 0) is 11.2 Å². The minimum Gasteiger partial charge on any atom is -0.352 e. The molecule has 2 aromatic rings. The Hall–Kier alpha value is -3.55. The fourth-order valence-corrected chi connectivity index (χ4v) is 3.21. The predicted octanol–water partition coefficient (Wildman–Crippen LogP) is 2.72. The van der Waals surface area contributed by atoms with Crippen LogP contribution >= 0.6 is 0 Å². The number of imide groups is 1. The molecule has 1 heterocycles. The van der Waals surface area contributed by atoms with Gasteiger partial charge in [0.25, 0.3) is 17.5 Å². The van der Waals surface area contributed by atoms with Gasteiger partial charge in [-0.25, -0.2) is 0 Å². The Kier molecular flexibility index (Phi) is 5.72. The number of carbonyl (C=O) groups excluding carboxylic acids is 3. The molecular weight excluding hydrogens is 374 g/mol. The second-order valence-electron chi connectivity index (χ2n) is 6.99. The first-order chi connectivity index (χ1) is 13.8. The zero-order chi connectivity index (χ0) is 21.1. The van der Waals surface area contributed by atoms with Crippen molar-refractivity contribution in [2.45, 2.75) is 38.8 Å². The van der Waals surface area contributed by atoms with Crippen molar-refractivity contribution in [2.24, 2.45) is 0 Å². The summed E-state index contributed by atoms with van der Waals surface area (Å²) in [7, 11) is 0. The smallest absolute Gasteiger partial charge is 0.269 e. The van der Waals surface area contributed by atoms with Crippen LogP contribution in [0.4, 0.5) is 5.69 Å². The molecule has 1 aliphatic rings. The van der Waals surface area contributed by atoms with Crippen LogP contribution in [0, 0.1) is 10.1 Å². The maximum atomic E-state index is 13.0. The maximum absolute atomic E-state index is 13.0. The highest BCUT2D eigenvalue weighted by Crippen LogP contribution is 2.26. The van der Waals surface area contributed by atoms with Gasteiger partial charge in [0.05, 0.1) is 16.1 Å². The Morgan fingerprint density at radius 3 is 2.10 bits per heavy atom. The first-order valence-corrected chi connectivity index (χ1v) is 9.34. The van der Waals surface area contributed by atoms with Crippen LogP contribution in [0.15, 0.2) is 48.5 Å². The highest BCUT2D eigenvalue weighted by Gasteiger charge is 2.42. The number of carbonyl (C=O) groups is 3. The van der Waals surface area contributed by atoms with Crippen LogP contribution in [0.5, 0.6) is 0 Å². The molecule has 2 aromatic carbocycles. The molecule has 2 atom stereocenters. The van der Waals surface area contributed by atoms with Crippen LogP contribution in [0.1, 0.15) is 46.5 Å². The van der Waals surface area contributed by atoms with Crippen molar-refractivity contribution in [2.75, 3.05) is 0 Å². The molecule has 0 fully saturated rings. The highest BCUT2D eigenvalue weighted by molar-refractivity contribution is 6.22. The second kappa shape index (κ2) is 8.22. The second-order valence-corrected chi connectivity index (χ2v) is 6.99. The van der Waals surface area contributed by atoms with Crippen LogP contribution in [0.2, 0.25) is 0 Å². The first kappa shape index (κ1) is 20.2. The van der Waals surface area contributed by atoms with Gasteiger partial charge in [-0.15, -0.1) is 0 Å². The van der Waals surface area contributed by atoms with Gasteiger partial charge in [-0.3, -0.25) is 29.4 Å². The van der Waals surface area contributed by atoms with Crippen molar-refractivity contribution >= 4 is 23.4 Å². The molecule has 8 nitrogen and oxygen atoms in total. The summed E-state index contributed by atoms with van der Waals surface area (Å²) in [5.74, 6) is -1.47. The molecule has 0 saturated heterocycles. The minimum absolute atomic E-state index is 0.0612. The van der Waals surface area contributed by atoms with E-state index in [1.165, 1.54) is 24.3 Å². The number of nitrogens with zero attached hydrogens (tertiary/aromatic N) is 2. The molecule has 0 saturated carbocycles. The van der Waals surface area contributed by atoms with Crippen molar-refractivity contribution < 1.29 is 19.3 Å². The summed E-state index contributed by atoms with van der Waals surface area (Å²) >= 11 is 0. The molecule has 0 bridgehead atoms. The molecule has 0 aliphatic carbocycles. The van der Waals surface area contributed by atoms with Gasteiger partial charge < -0.3 is 5.32 Å². The standard InChI is InChI=1S/C21H21N3O5/c1-3-13(2)22-19(25)18(12-14-8-10-15(11-9-14)24(28)29)23-20(26)16-6-4-5-7-17(16)21(23)27/h4-11,13,18H,3,12H2,1-2H3,(H,22,25). The van der Waals surface area contributed by atoms with E-state index in [4.69, 9.17) is 0 Å². The number of non-ortho nitro benzene ring substituents is 1. The van der Waals surface area contributed by atoms with Gasteiger partial charge in [0.15, 0.2) is 0 Å². The summed E-state index contributed by atoms with van der Waals surface area (Å²) in [4.78, 5) is 50.1. The summed E-state index contributed by atoms with van der Waals surface area (Å²) in [6.45, 7) is 3.75. The number of hydrogen-bond acceptors (Lipinski definition) is 5. The van der Waals surface area contributed by atoms with Crippen molar-refractivity contribution in [1.82, 2.24) is 10.2 Å². The van der Waals surface area contributed by atoms with Crippen LogP contribution in [0.25, 0.3) is 0 Å². The van der Waals surface area contributed by atoms with Gasteiger partial charge in [-0.05, 0) is 31.0 Å². The molecule has 29 heavy (non-hydrogen) atoms. The normalized spacial score (nSPS) is 15.0. The van der Waals surface area contributed by atoms with Crippen LogP contribution in [0.3, 0.4) is 0 Å². The lowest BCUT2D eigenvalue weighted by Gasteiger charge is -2.27. The average molecular weight is 395 g/mol. The van der Waals surface area contributed by atoms with Gasteiger partial charge in [0.1, 0.15) is 6.04 Å². The fraction of sp³-hybridized carbons (Fsp3) is 0.286. The summed E-state index contributed by atoms with van der Waals surface area (Å²) < 4.78 is 0. The van der Waals surface area contributed by atoms with Gasteiger partial charge >= 0.3 is 0 Å². The monoisotopic (exact) mass is 395 g/mol. The van der Waals surface area contributed by atoms with E-state index in [1.807, 2.05) is 13.8 Å². The van der Waals surface area contributed by atoms with Crippen molar-refractivity contribution in [3.8, 4) is 0 Å². The average Bonchev–Trinajstić information content (AvgIpc) is 2.97. The Morgan fingerprint density at radius 1 is 1.07 bits per heavy atom. The Bertz CT molecular complexity index is 936. The lowest BCUT2D eigenvalue weighted by molar-refractivity contribution is -0.384. The van der Waals surface area contributed by atoms with E-state index < -0.39 is 28.7 Å². The van der Waals surface area contributed by atoms with Gasteiger partial charge in [0.2, 0.25) is 5.91 Å². The van der Waals surface area contributed by atoms with Crippen molar-refractivity contribution in [3.63, 3.8) is 0 Å². The summed E-state index contributed by atoms with van der Waals surface area (Å²) in [5.41, 5.74) is 1.07. The highest BCUT2D eigenvalue weighted by atomic mass is 16.6. The molecule has 0 aromatic heterocycles. The largest absolute Gasteiger partial charge is 0.352 e. The molecule has 3 amide bonds. The summed E-state index contributed by atoms with van der Waals surface area (Å²) in [6.07, 6.45) is 0.754. The SMILES string of the molecule is CCC(C)NC(=O)C(Cc1ccc([N+](=O)[O-])cc1)N1C(=O)c2ccccc2C1=O. The van der Waals surface area contributed by atoms with E-state index in [1.54, 1.807) is 24.3 Å². The molecule has 0 spiro atoms. The van der Waals surface area contributed by atoms with Gasteiger partial charge in [-0.1, -0.05) is 31.2 Å². The van der Waals surface area contributed by atoms with E-state index in [-0.39, 0.29) is 29.3 Å². The molecule has 150 valence electrons. The number of benzene rings is 2. The van der Waals surface area contributed by atoms with Crippen molar-refractivity contribution in [1.29, 1.82) is 0 Å². The van der Waals surface area contributed by atoms with E-state index in [9.17, 15) is 24.5 Å². The van der Waals surface area contributed by atoms with E-state index >= 15 is 0 Å². The number of fused-ring (bicyclic) bond motifs is 1. The van der Waals surface area contributed by atoms with E-state index in [0.29, 0.717) is 12.0 Å². The van der Waals surface area contributed by atoms with E-state index in [0.717, 1.165) is 4.90 Å². The van der Waals surface area contributed by atoms with Gasteiger partial charge in [-0.2, -0.15) is 0 Å². The molecular formula is C21H21N3O5. The number of rotatable bonds is 7. The van der Waals surface area contributed by atoms with Crippen LogP contribution in [-0.4, -0.2) is 39.6 Å². The third-order valence-electron chi connectivity index (χ3n) is 5.02. The van der Waals surface area contributed by atoms with E-state index in [2.05, 4.69) is 5.32 Å². The quantitative estimate of drug-likeness (QED) is 0.440. The Labute approximate surface area is 167 Å². The summed E-state index contributed by atoms with van der Waals surface area (Å²) in [5, 5.41) is 13.7. The lowest BCUT2D eigenvalue weighted by Crippen LogP contribution is -2.52. The molecule has 1 N–H and O–H groups in total. The first-order valence-electron chi connectivity index (χ1n) is 9.34. The topological polar surface area (TPSA) is 110 Å². The number of hydrogen-bond donors (Lipinski definition) is 1. The Morgan fingerprint density at radius 2 is 1.62 bits per heavy atom. The minimum atomic E-state index is -1.06. The molecule has 0 radical (unpaired) electrons. The third kappa shape index (κ3) is 4.01. The number of amides is 3. The third-order valence-corrected chi connectivity index (χ3v) is 5.02. The van der Waals surface area contributed by atoms with Crippen LogP contribution < -0.4 is 5.32 Å². The maximum Gasteiger partial charge on any atom is 0.269 e. The number of nitrogens with one attached hydrogen (secondary N) is 1. The predicted molar refractivity (Wildman–Crippen MR) is 105 cm³/mol. The van der Waals surface area contributed by atoms with Crippen molar-refractivity contribution in [3.05, 3.63) is 75.3 Å². The zero-order valence-corrected chi connectivity index (χ0v) is 16.1. The molecule has 8 heteroatoms. The zero-order valence-electron chi connectivity index (χ0n) is 16.1. The summed E-state index contributed by atoms with van der Waals surface area (Å²) in [6, 6.07) is 11.0. The lowest BCUT2D eigenvalue weighted by atomic mass is 10.0.